The van der Waals surface area contributed by atoms with Crippen LogP contribution < -0.4 is 10.1 Å². The molecular formula is C25H25NO2S. The first kappa shape index (κ1) is 19.6. The van der Waals surface area contributed by atoms with E-state index < -0.39 is 0 Å². The number of carbonyl (C=O) groups excluding carboxylic acids is 1. The predicted octanol–water partition coefficient (Wildman–Crippen LogP) is 6.55. The maximum Gasteiger partial charge on any atom is 0.255 e. The largest absolute Gasteiger partial charge is 0.490 e. The molecule has 148 valence electrons. The van der Waals surface area contributed by atoms with E-state index in [0.717, 1.165) is 30.0 Å². The molecule has 4 rings (SSSR count). The molecule has 0 radical (unpaired) electrons. The van der Waals surface area contributed by atoms with Gasteiger partial charge in [-0.25, -0.2) is 0 Å². The number of hydrogen-bond donors (Lipinski definition) is 1. The molecule has 1 saturated carbocycles. The van der Waals surface area contributed by atoms with E-state index in [2.05, 4.69) is 17.4 Å². The molecule has 0 bridgehead atoms. The smallest absolute Gasteiger partial charge is 0.255 e. The Kier molecular flexibility index (Phi) is 6.52. The second-order valence-electron chi connectivity index (χ2n) is 7.30. The first-order valence-electron chi connectivity index (χ1n) is 10.1. The standard InChI is InChI=1S/C25H25NO2S/c27-25(26-21-14-16-23(17-15-21)28-22-6-4-5-7-22)20-12-10-19(11-13-20)18-29-24-8-2-1-3-9-24/h1-3,8-17,22H,4-7,18H2,(H,26,27). The summed E-state index contributed by atoms with van der Waals surface area (Å²) in [6.45, 7) is 0. The van der Waals surface area contributed by atoms with Crippen LogP contribution in [0.15, 0.2) is 83.8 Å². The molecular weight excluding hydrogens is 378 g/mol. The summed E-state index contributed by atoms with van der Waals surface area (Å²) in [5.41, 5.74) is 2.63. The zero-order valence-electron chi connectivity index (χ0n) is 16.3. The number of hydrogen-bond acceptors (Lipinski definition) is 3. The fourth-order valence-corrected chi connectivity index (χ4v) is 4.33. The van der Waals surface area contributed by atoms with Crippen LogP contribution in [0.4, 0.5) is 5.69 Å². The lowest BCUT2D eigenvalue weighted by molar-refractivity contribution is 0.102. The Hall–Kier alpha value is -2.72. The zero-order valence-corrected chi connectivity index (χ0v) is 17.2. The van der Waals surface area contributed by atoms with Gasteiger partial charge in [-0.3, -0.25) is 4.79 Å². The first-order chi connectivity index (χ1) is 14.3. The van der Waals surface area contributed by atoms with Gasteiger partial charge in [-0.2, -0.15) is 0 Å². The fourth-order valence-electron chi connectivity index (χ4n) is 3.45. The van der Waals surface area contributed by atoms with Crippen LogP contribution in [0.2, 0.25) is 0 Å². The average molecular weight is 404 g/mol. The minimum Gasteiger partial charge on any atom is -0.490 e. The van der Waals surface area contributed by atoms with Crippen LogP contribution in [-0.4, -0.2) is 12.0 Å². The van der Waals surface area contributed by atoms with Crippen LogP contribution >= 0.6 is 11.8 Å². The molecule has 0 atom stereocenters. The van der Waals surface area contributed by atoms with E-state index >= 15 is 0 Å². The van der Waals surface area contributed by atoms with Crippen molar-refractivity contribution >= 4 is 23.4 Å². The molecule has 1 aliphatic rings. The number of benzene rings is 3. The third kappa shape index (κ3) is 5.64. The number of rotatable bonds is 7. The van der Waals surface area contributed by atoms with E-state index in [9.17, 15) is 4.79 Å². The number of amides is 1. The molecule has 29 heavy (non-hydrogen) atoms. The van der Waals surface area contributed by atoms with E-state index in [4.69, 9.17) is 4.74 Å². The average Bonchev–Trinajstić information content (AvgIpc) is 3.28. The van der Waals surface area contributed by atoms with Gasteiger partial charge in [-0.05, 0) is 79.8 Å². The Morgan fingerprint density at radius 3 is 2.28 bits per heavy atom. The van der Waals surface area contributed by atoms with E-state index in [0.29, 0.717) is 11.7 Å². The quantitative estimate of drug-likeness (QED) is 0.454. The number of anilines is 1. The fraction of sp³-hybridized carbons (Fsp3) is 0.240. The van der Waals surface area contributed by atoms with Crippen molar-refractivity contribution in [3.63, 3.8) is 0 Å². The summed E-state index contributed by atoms with van der Waals surface area (Å²) in [7, 11) is 0. The molecule has 1 fully saturated rings. The van der Waals surface area contributed by atoms with Gasteiger partial charge in [0.15, 0.2) is 0 Å². The normalized spacial score (nSPS) is 13.9. The monoisotopic (exact) mass is 403 g/mol. The molecule has 0 spiro atoms. The Balaban J connectivity index is 1.29. The summed E-state index contributed by atoms with van der Waals surface area (Å²) in [5, 5.41) is 2.96. The van der Waals surface area contributed by atoms with Crippen molar-refractivity contribution < 1.29 is 9.53 Å². The highest BCUT2D eigenvalue weighted by molar-refractivity contribution is 7.98. The van der Waals surface area contributed by atoms with Gasteiger partial charge in [0.25, 0.3) is 5.91 Å². The SMILES string of the molecule is O=C(Nc1ccc(OC2CCCC2)cc1)c1ccc(CSc2ccccc2)cc1. The van der Waals surface area contributed by atoms with Crippen LogP contribution in [0.1, 0.15) is 41.6 Å². The number of carbonyl (C=O) groups is 1. The summed E-state index contributed by atoms with van der Waals surface area (Å²) < 4.78 is 5.97. The third-order valence-electron chi connectivity index (χ3n) is 5.08. The van der Waals surface area contributed by atoms with Crippen molar-refractivity contribution in [2.24, 2.45) is 0 Å². The summed E-state index contributed by atoms with van der Waals surface area (Å²) >= 11 is 1.79. The molecule has 0 saturated heterocycles. The van der Waals surface area contributed by atoms with Crippen LogP contribution in [0.5, 0.6) is 5.75 Å². The van der Waals surface area contributed by atoms with Crippen molar-refractivity contribution in [2.45, 2.75) is 42.4 Å². The minimum absolute atomic E-state index is 0.100. The van der Waals surface area contributed by atoms with Gasteiger partial charge in [0.2, 0.25) is 0 Å². The molecule has 3 aromatic carbocycles. The Morgan fingerprint density at radius 2 is 1.59 bits per heavy atom. The van der Waals surface area contributed by atoms with E-state index in [-0.39, 0.29) is 5.91 Å². The lowest BCUT2D eigenvalue weighted by Crippen LogP contribution is -2.12. The molecule has 1 amide bonds. The van der Waals surface area contributed by atoms with Crippen molar-refractivity contribution in [3.05, 3.63) is 90.0 Å². The minimum atomic E-state index is -0.100. The second-order valence-corrected chi connectivity index (χ2v) is 8.35. The number of thioether (sulfide) groups is 1. The Bertz CT molecular complexity index is 917. The topological polar surface area (TPSA) is 38.3 Å². The lowest BCUT2D eigenvalue weighted by atomic mass is 10.1. The maximum atomic E-state index is 12.5. The highest BCUT2D eigenvalue weighted by atomic mass is 32.2. The summed E-state index contributed by atoms with van der Waals surface area (Å²) in [6.07, 6.45) is 5.12. The molecule has 3 aromatic rings. The van der Waals surface area contributed by atoms with E-state index in [1.807, 2.05) is 66.7 Å². The highest BCUT2D eigenvalue weighted by Gasteiger charge is 2.16. The van der Waals surface area contributed by atoms with Gasteiger partial charge in [-0.15, -0.1) is 11.8 Å². The van der Waals surface area contributed by atoms with Crippen LogP contribution in [0.3, 0.4) is 0 Å². The van der Waals surface area contributed by atoms with Crippen LogP contribution in [-0.2, 0) is 5.75 Å². The first-order valence-corrected chi connectivity index (χ1v) is 11.1. The van der Waals surface area contributed by atoms with Crippen LogP contribution in [0.25, 0.3) is 0 Å². The molecule has 4 heteroatoms. The molecule has 0 aromatic heterocycles. The van der Waals surface area contributed by atoms with E-state index in [1.165, 1.54) is 23.3 Å². The van der Waals surface area contributed by atoms with Crippen molar-refractivity contribution in [1.82, 2.24) is 0 Å². The van der Waals surface area contributed by atoms with Gasteiger partial charge in [0, 0.05) is 21.9 Å². The summed E-state index contributed by atoms with van der Waals surface area (Å²) in [4.78, 5) is 13.8. The Labute approximate surface area is 176 Å². The summed E-state index contributed by atoms with van der Waals surface area (Å²) in [6, 6.07) is 25.8. The molecule has 1 aliphatic carbocycles. The molecule has 0 aliphatic heterocycles. The third-order valence-corrected chi connectivity index (χ3v) is 6.17. The number of nitrogens with one attached hydrogen (secondary N) is 1. The second kappa shape index (κ2) is 9.66. The van der Waals surface area contributed by atoms with Gasteiger partial charge < -0.3 is 10.1 Å². The van der Waals surface area contributed by atoms with Gasteiger partial charge in [0.1, 0.15) is 5.75 Å². The molecule has 3 nitrogen and oxygen atoms in total. The molecule has 1 N–H and O–H groups in total. The van der Waals surface area contributed by atoms with Gasteiger partial charge in [0.05, 0.1) is 6.10 Å². The predicted molar refractivity (Wildman–Crippen MR) is 120 cm³/mol. The van der Waals surface area contributed by atoms with Gasteiger partial charge >= 0.3 is 0 Å². The molecule has 0 unspecified atom stereocenters. The molecule has 0 heterocycles. The van der Waals surface area contributed by atoms with Crippen molar-refractivity contribution in [2.75, 3.05) is 5.32 Å². The van der Waals surface area contributed by atoms with E-state index in [1.54, 1.807) is 11.8 Å². The lowest BCUT2D eigenvalue weighted by Gasteiger charge is -2.13. The van der Waals surface area contributed by atoms with Gasteiger partial charge in [-0.1, -0.05) is 30.3 Å². The van der Waals surface area contributed by atoms with Crippen molar-refractivity contribution in [1.29, 1.82) is 0 Å². The number of ether oxygens (including phenoxy) is 1. The van der Waals surface area contributed by atoms with Crippen LogP contribution in [0, 0.1) is 0 Å². The summed E-state index contributed by atoms with van der Waals surface area (Å²) in [5.74, 6) is 1.65. The maximum absolute atomic E-state index is 12.5. The highest BCUT2D eigenvalue weighted by Crippen LogP contribution is 2.25. The Morgan fingerprint density at radius 1 is 0.897 bits per heavy atom. The zero-order chi connectivity index (χ0) is 19.9. The van der Waals surface area contributed by atoms with Crippen molar-refractivity contribution in [3.8, 4) is 5.75 Å².